The van der Waals surface area contributed by atoms with Crippen molar-refractivity contribution in [2.75, 3.05) is 0 Å². The minimum atomic E-state index is -0.121. The standard InChI is InChI=1S/C31H30N3O3.Pt/c1-17-14-21(30-34-29-28(37-30)22-9-7-6-8-20(22)12-13-31(29,4)5)16-25(19(17)3)36-26-11-10-23-27(33-26)24(35)15-18(2)32-23;/h6-11,14-15,28-29H,12-13H2,1-5H3,(H,32,35);/q-1;/t28-,29+;/m0./s1. The first kappa shape index (κ1) is 26.4. The number of pyridine rings is 2. The van der Waals surface area contributed by atoms with E-state index in [9.17, 15) is 5.11 Å². The Labute approximate surface area is 237 Å². The van der Waals surface area contributed by atoms with Gasteiger partial charge in [-0.15, -0.1) is 11.6 Å². The average Bonchev–Trinajstić information content (AvgIpc) is 3.29. The van der Waals surface area contributed by atoms with Crippen LogP contribution >= 0.6 is 0 Å². The Morgan fingerprint density at radius 3 is 2.66 bits per heavy atom. The van der Waals surface area contributed by atoms with E-state index in [1.807, 2.05) is 20.8 Å². The zero-order chi connectivity index (χ0) is 25.9. The van der Waals surface area contributed by atoms with E-state index in [2.05, 4.69) is 60.2 Å². The fraction of sp³-hybridized carbons (Fsp3) is 0.323. The van der Waals surface area contributed by atoms with Gasteiger partial charge in [0.1, 0.15) is 23.3 Å². The zero-order valence-electron chi connectivity index (χ0n) is 22.1. The number of hydrogen-bond acceptors (Lipinski definition) is 6. The van der Waals surface area contributed by atoms with E-state index in [-0.39, 0.29) is 44.4 Å². The number of benzene rings is 2. The Morgan fingerprint density at radius 1 is 1.05 bits per heavy atom. The van der Waals surface area contributed by atoms with E-state index in [4.69, 9.17) is 14.5 Å². The van der Waals surface area contributed by atoms with Gasteiger partial charge in [-0.3, -0.25) is 9.98 Å². The first-order valence-corrected chi connectivity index (χ1v) is 12.7. The summed E-state index contributed by atoms with van der Waals surface area (Å²) in [5.74, 6) is 1.59. The van der Waals surface area contributed by atoms with Gasteiger partial charge in [0.15, 0.2) is 0 Å². The van der Waals surface area contributed by atoms with Gasteiger partial charge in [0.25, 0.3) is 0 Å². The minimum Gasteiger partial charge on any atom is -0.510 e. The summed E-state index contributed by atoms with van der Waals surface area (Å²) in [4.78, 5) is 14.1. The number of ether oxygens (including phenoxy) is 2. The molecule has 0 amide bonds. The third-order valence-corrected chi connectivity index (χ3v) is 7.69. The molecule has 4 aromatic rings. The number of nitrogens with zero attached hydrogens (tertiary/aromatic N) is 3. The van der Waals surface area contributed by atoms with Crippen molar-refractivity contribution in [1.82, 2.24) is 9.97 Å². The molecule has 2 aromatic carbocycles. The van der Waals surface area contributed by atoms with Crippen molar-refractivity contribution in [2.45, 2.75) is 59.6 Å². The van der Waals surface area contributed by atoms with Crippen LogP contribution in [0.25, 0.3) is 11.0 Å². The molecule has 38 heavy (non-hydrogen) atoms. The Hall–Kier alpha value is -3.24. The molecule has 2 aliphatic rings. The first-order chi connectivity index (χ1) is 17.7. The van der Waals surface area contributed by atoms with E-state index in [1.54, 1.807) is 18.2 Å². The van der Waals surface area contributed by atoms with Gasteiger partial charge in [0.05, 0.1) is 17.3 Å². The SMILES string of the molecule is Cc1cc(O)c2nc(Oc3[c-]c(C4=N[C@@H]5[C@@H](O4)c4ccccc4CCC5(C)C)cc(C)c3C)ccc2n1.[Pt]. The summed E-state index contributed by atoms with van der Waals surface area (Å²) in [5.41, 5.74) is 7.06. The molecule has 198 valence electrons. The molecular formula is C31H30N3O3Pt-. The van der Waals surface area contributed by atoms with Crippen LogP contribution in [0.5, 0.6) is 17.4 Å². The van der Waals surface area contributed by atoms with Crippen LogP contribution in [0.4, 0.5) is 0 Å². The summed E-state index contributed by atoms with van der Waals surface area (Å²) in [5, 5.41) is 10.4. The van der Waals surface area contributed by atoms with Gasteiger partial charge in [-0.2, -0.15) is 0 Å². The predicted octanol–water partition coefficient (Wildman–Crippen LogP) is 6.71. The van der Waals surface area contributed by atoms with Crippen molar-refractivity contribution < 1.29 is 35.6 Å². The Morgan fingerprint density at radius 2 is 1.84 bits per heavy atom. The fourth-order valence-electron chi connectivity index (χ4n) is 5.34. The maximum Gasteiger partial charge on any atom is 0.217 e. The molecule has 0 unspecified atom stereocenters. The number of aliphatic imine (C=N–C) groups is 1. The topological polar surface area (TPSA) is 76.8 Å². The van der Waals surface area contributed by atoms with Crippen molar-refractivity contribution in [3.8, 4) is 17.4 Å². The molecule has 0 fully saturated rings. The van der Waals surface area contributed by atoms with E-state index in [1.165, 1.54) is 11.1 Å². The normalized spacial score (nSPS) is 19.4. The Bertz CT molecular complexity index is 1580. The molecule has 2 atom stereocenters. The number of rotatable bonds is 3. The smallest absolute Gasteiger partial charge is 0.217 e. The van der Waals surface area contributed by atoms with E-state index >= 15 is 0 Å². The van der Waals surface area contributed by atoms with Gasteiger partial charge in [0, 0.05) is 38.9 Å². The molecule has 0 saturated heterocycles. The summed E-state index contributed by atoms with van der Waals surface area (Å²) in [6, 6.07) is 19.2. The number of aromatic hydroxyl groups is 1. The molecular weight excluding hydrogens is 657 g/mol. The second-order valence-electron chi connectivity index (χ2n) is 10.8. The number of aromatic nitrogens is 2. The summed E-state index contributed by atoms with van der Waals surface area (Å²) in [7, 11) is 0. The summed E-state index contributed by atoms with van der Waals surface area (Å²) < 4.78 is 12.8. The molecule has 1 aliphatic heterocycles. The van der Waals surface area contributed by atoms with Gasteiger partial charge < -0.3 is 14.6 Å². The van der Waals surface area contributed by atoms with Crippen LogP contribution in [0.2, 0.25) is 0 Å². The minimum absolute atomic E-state index is 0. The molecule has 3 heterocycles. The van der Waals surface area contributed by atoms with E-state index in [0.717, 1.165) is 35.2 Å². The predicted molar refractivity (Wildman–Crippen MR) is 143 cm³/mol. The molecule has 6 rings (SSSR count). The van der Waals surface area contributed by atoms with E-state index < -0.39 is 0 Å². The quantitative estimate of drug-likeness (QED) is 0.243. The van der Waals surface area contributed by atoms with Crippen LogP contribution < -0.4 is 4.74 Å². The molecule has 0 radical (unpaired) electrons. The van der Waals surface area contributed by atoms with Crippen molar-refractivity contribution in [2.24, 2.45) is 10.4 Å². The zero-order valence-corrected chi connectivity index (χ0v) is 24.4. The van der Waals surface area contributed by atoms with Gasteiger partial charge >= 0.3 is 0 Å². The molecule has 0 saturated carbocycles. The van der Waals surface area contributed by atoms with Crippen molar-refractivity contribution in [3.63, 3.8) is 0 Å². The molecule has 0 spiro atoms. The van der Waals surface area contributed by atoms with Crippen LogP contribution in [-0.4, -0.2) is 27.0 Å². The van der Waals surface area contributed by atoms with Crippen LogP contribution in [0, 0.1) is 32.3 Å². The maximum absolute atomic E-state index is 10.4. The van der Waals surface area contributed by atoms with Crippen LogP contribution in [0.15, 0.2) is 53.5 Å². The number of hydrogen-bond donors (Lipinski definition) is 1. The van der Waals surface area contributed by atoms with Crippen LogP contribution in [0.1, 0.15) is 59.9 Å². The van der Waals surface area contributed by atoms with Crippen molar-refractivity contribution in [1.29, 1.82) is 0 Å². The molecule has 1 aliphatic carbocycles. The van der Waals surface area contributed by atoms with Gasteiger partial charge in [0.2, 0.25) is 5.88 Å². The molecule has 6 nitrogen and oxygen atoms in total. The van der Waals surface area contributed by atoms with Gasteiger partial charge in [-0.1, -0.05) is 69.2 Å². The van der Waals surface area contributed by atoms with Crippen molar-refractivity contribution in [3.05, 3.63) is 88.1 Å². The number of aryl methyl sites for hydroxylation is 3. The largest absolute Gasteiger partial charge is 0.510 e. The van der Waals surface area contributed by atoms with Crippen molar-refractivity contribution >= 4 is 16.9 Å². The molecule has 2 aromatic heterocycles. The van der Waals surface area contributed by atoms with Crippen LogP contribution in [0.3, 0.4) is 0 Å². The molecule has 7 heteroatoms. The van der Waals surface area contributed by atoms with Crippen LogP contribution in [-0.2, 0) is 32.2 Å². The summed E-state index contributed by atoms with van der Waals surface area (Å²) >= 11 is 0. The average molecular weight is 688 g/mol. The second kappa shape index (κ2) is 9.81. The fourth-order valence-corrected chi connectivity index (χ4v) is 5.34. The monoisotopic (exact) mass is 687 g/mol. The number of fused-ring (bicyclic) bond motifs is 4. The summed E-state index contributed by atoms with van der Waals surface area (Å²) in [6.45, 7) is 10.4. The third kappa shape index (κ3) is 4.60. The Balaban J connectivity index is 0.00000294. The van der Waals surface area contributed by atoms with Gasteiger partial charge in [-0.25, -0.2) is 4.98 Å². The molecule has 1 N–H and O–H groups in total. The first-order valence-electron chi connectivity index (χ1n) is 12.7. The summed E-state index contributed by atoms with van der Waals surface area (Å²) in [6.07, 6.45) is 1.95. The van der Waals surface area contributed by atoms with Gasteiger partial charge in [-0.05, 0) is 42.4 Å². The Kier molecular flexibility index (Phi) is 6.81. The molecule has 0 bridgehead atoms. The van der Waals surface area contributed by atoms with E-state index in [0.29, 0.717) is 28.6 Å². The third-order valence-electron chi connectivity index (χ3n) is 7.69. The maximum atomic E-state index is 10.4. The second-order valence-corrected chi connectivity index (χ2v) is 10.8.